The van der Waals surface area contributed by atoms with E-state index in [-0.39, 0.29) is 6.04 Å². The molecule has 0 bridgehead atoms. The van der Waals surface area contributed by atoms with Crippen LogP contribution >= 0.6 is 0 Å². The predicted octanol–water partition coefficient (Wildman–Crippen LogP) is 2.69. The van der Waals surface area contributed by atoms with Gasteiger partial charge in [-0.2, -0.15) is 0 Å². The maximum absolute atomic E-state index is 5.59. The first-order valence-corrected chi connectivity index (χ1v) is 5.55. The highest BCUT2D eigenvalue weighted by molar-refractivity contribution is 5.50. The topological polar surface area (TPSA) is 34.2 Å². The third-order valence-corrected chi connectivity index (χ3v) is 2.04. The molecule has 1 unspecified atom stereocenters. The van der Waals surface area contributed by atoms with Gasteiger partial charge in [0.15, 0.2) is 11.6 Å². The SMILES string of the molecule is C#CCC(C)Nc1ncccc1OCCC. The Bertz CT molecular complexity index is 357. The molecule has 86 valence electrons. The van der Waals surface area contributed by atoms with Crippen LogP contribution in [0.15, 0.2) is 18.3 Å². The number of nitrogens with zero attached hydrogens (tertiary/aromatic N) is 1. The second kappa shape index (κ2) is 6.73. The van der Waals surface area contributed by atoms with E-state index in [1.165, 1.54) is 0 Å². The molecular weight excluding hydrogens is 200 g/mol. The number of hydrogen-bond donors (Lipinski definition) is 1. The molecule has 0 aliphatic carbocycles. The maximum atomic E-state index is 5.59. The van der Waals surface area contributed by atoms with Crippen molar-refractivity contribution in [3.8, 4) is 18.1 Å². The Labute approximate surface area is 97.2 Å². The fraction of sp³-hybridized carbons (Fsp3) is 0.462. The van der Waals surface area contributed by atoms with Crippen molar-refractivity contribution in [2.24, 2.45) is 0 Å². The summed E-state index contributed by atoms with van der Waals surface area (Å²) in [4.78, 5) is 4.25. The van der Waals surface area contributed by atoms with Crippen molar-refractivity contribution in [2.45, 2.75) is 32.7 Å². The Morgan fingerprint density at radius 3 is 3.12 bits per heavy atom. The number of pyridine rings is 1. The van der Waals surface area contributed by atoms with Gasteiger partial charge < -0.3 is 10.1 Å². The average molecular weight is 218 g/mol. The largest absolute Gasteiger partial charge is 0.490 e. The first-order chi connectivity index (χ1) is 7.77. The van der Waals surface area contributed by atoms with Crippen molar-refractivity contribution >= 4 is 5.82 Å². The van der Waals surface area contributed by atoms with Gasteiger partial charge in [-0.1, -0.05) is 6.92 Å². The lowest BCUT2D eigenvalue weighted by molar-refractivity contribution is 0.317. The molecule has 1 aromatic heterocycles. The summed E-state index contributed by atoms with van der Waals surface area (Å²) >= 11 is 0. The molecule has 0 aromatic carbocycles. The molecular formula is C13H18N2O. The van der Waals surface area contributed by atoms with E-state index in [0.717, 1.165) is 18.0 Å². The van der Waals surface area contributed by atoms with E-state index in [0.29, 0.717) is 13.0 Å². The Morgan fingerprint density at radius 2 is 2.44 bits per heavy atom. The third kappa shape index (κ3) is 3.82. The summed E-state index contributed by atoms with van der Waals surface area (Å²) in [7, 11) is 0. The molecule has 0 aliphatic heterocycles. The zero-order chi connectivity index (χ0) is 11.8. The van der Waals surface area contributed by atoms with Gasteiger partial charge in [0.05, 0.1) is 6.61 Å². The summed E-state index contributed by atoms with van der Waals surface area (Å²) in [6.45, 7) is 4.80. The van der Waals surface area contributed by atoms with E-state index in [2.05, 4.69) is 23.1 Å². The number of hydrogen-bond acceptors (Lipinski definition) is 3. The van der Waals surface area contributed by atoms with Crippen LogP contribution in [0.5, 0.6) is 5.75 Å². The van der Waals surface area contributed by atoms with Crippen molar-refractivity contribution < 1.29 is 4.74 Å². The molecule has 0 amide bonds. The number of aromatic nitrogens is 1. The molecule has 0 radical (unpaired) electrons. The minimum Gasteiger partial charge on any atom is -0.490 e. The van der Waals surface area contributed by atoms with E-state index in [4.69, 9.17) is 11.2 Å². The second-order valence-corrected chi connectivity index (χ2v) is 3.65. The van der Waals surface area contributed by atoms with Crippen LogP contribution < -0.4 is 10.1 Å². The Morgan fingerprint density at radius 1 is 1.62 bits per heavy atom. The molecule has 1 rings (SSSR count). The molecule has 0 aliphatic rings. The minimum absolute atomic E-state index is 0.198. The Kier molecular flexibility index (Phi) is 5.21. The highest BCUT2D eigenvalue weighted by atomic mass is 16.5. The summed E-state index contributed by atoms with van der Waals surface area (Å²) in [5.41, 5.74) is 0. The van der Waals surface area contributed by atoms with Gasteiger partial charge in [-0.25, -0.2) is 4.98 Å². The number of ether oxygens (including phenoxy) is 1. The van der Waals surface area contributed by atoms with Crippen LogP contribution in [0.25, 0.3) is 0 Å². The van der Waals surface area contributed by atoms with Crippen LogP contribution in [0, 0.1) is 12.3 Å². The molecule has 0 fully saturated rings. The second-order valence-electron chi connectivity index (χ2n) is 3.65. The normalized spacial score (nSPS) is 11.6. The van der Waals surface area contributed by atoms with Gasteiger partial charge in [0.25, 0.3) is 0 Å². The van der Waals surface area contributed by atoms with Crippen LogP contribution in [-0.2, 0) is 0 Å². The Hall–Kier alpha value is -1.69. The van der Waals surface area contributed by atoms with Gasteiger partial charge in [0, 0.05) is 18.7 Å². The van der Waals surface area contributed by atoms with Crippen molar-refractivity contribution in [3.05, 3.63) is 18.3 Å². The predicted molar refractivity (Wildman–Crippen MR) is 66.6 cm³/mol. The van der Waals surface area contributed by atoms with Crippen LogP contribution in [0.4, 0.5) is 5.82 Å². The highest BCUT2D eigenvalue weighted by Crippen LogP contribution is 2.21. The first kappa shape index (κ1) is 12.4. The zero-order valence-corrected chi connectivity index (χ0v) is 9.86. The molecule has 1 aromatic rings. The van der Waals surface area contributed by atoms with Crippen LogP contribution in [0.3, 0.4) is 0 Å². The fourth-order valence-corrected chi connectivity index (χ4v) is 1.29. The van der Waals surface area contributed by atoms with Crippen molar-refractivity contribution in [3.63, 3.8) is 0 Å². The lowest BCUT2D eigenvalue weighted by atomic mass is 10.2. The van der Waals surface area contributed by atoms with Gasteiger partial charge >= 0.3 is 0 Å². The molecule has 0 saturated heterocycles. The lowest BCUT2D eigenvalue weighted by Gasteiger charge is -2.15. The quantitative estimate of drug-likeness (QED) is 0.745. The monoisotopic (exact) mass is 218 g/mol. The summed E-state index contributed by atoms with van der Waals surface area (Å²) in [5, 5.41) is 3.24. The highest BCUT2D eigenvalue weighted by Gasteiger charge is 2.06. The molecule has 0 saturated carbocycles. The number of rotatable bonds is 6. The summed E-state index contributed by atoms with van der Waals surface area (Å²) in [6.07, 6.45) is 8.65. The van der Waals surface area contributed by atoms with E-state index in [9.17, 15) is 0 Å². The Balaban J connectivity index is 2.67. The van der Waals surface area contributed by atoms with Crippen molar-refractivity contribution in [1.82, 2.24) is 4.98 Å². The van der Waals surface area contributed by atoms with E-state index >= 15 is 0 Å². The average Bonchev–Trinajstić information content (AvgIpc) is 2.28. The van der Waals surface area contributed by atoms with Gasteiger partial charge in [-0.3, -0.25) is 0 Å². The smallest absolute Gasteiger partial charge is 0.168 e. The van der Waals surface area contributed by atoms with Crippen molar-refractivity contribution in [2.75, 3.05) is 11.9 Å². The molecule has 3 heteroatoms. The zero-order valence-electron chi connectivity index (χ0n) is 9.86. The molecule has 1 N–H and O–H groups in total. The van der Waals surface area contributed by atoms with Gasteiger partial charge in [-0.05, 0) is 25.5 Å². The van der Waals surface area contributed by atoms with Crippen LogP contribution in [0.2, 0.25) is 0 Å². The lowest BCUT2D eigenvalue weighted by Crippen LogP contribution is -2.16. The summed E-state index contributed by atoms with van der Waals surface area (Å²) < 4.78 is 5.59. The standard InChI is InChI=1S/C13H18N2O/c1-4-7-11(3)15-13-12(16-10-5-2)8-6-9-14-13/h1,6,8-9,11H,5,7,10H2,2-3H3,(H,14,15). The maximum Gasteiger partial charge on any atom is 0.168 e. The molecule has 1 heterocycles. The molecule has 3 nitrogen and oxygen atoms in total. The number of anilines is 1. The minimum atomic E-state index is 0.198. The van der Waals surface area contributed by atoms with Crippen LogP contribution in [0.1, 0.15) is 26.7 Å². The number of terminal acetylenes is 1. The van der Waals surface area contributed by atoms with E-state index < -0.39 is 0 Å². The van der Waals surface area contributed by atoms with Gasteiger partial charge in [0.2, 0.25) is 0 Å². The van der Waals surface area contributed by atoms with E-state index in [1.807, 2.05) is 19.1 Å². The molecule has 1 atom stereocenters. The summed E-state index contributed by atoms with van der Waals surface area (Å²) in [6, 6.07) is 3.97. The van der Waals surface area contributed by atoms with Gasteiger partial charge in [-0.15, -0.1) is 12.3 Å². The van der Waals surface area contributed by atoms with E-state index in [1.54, 1.807) is 6.20 Å². The summed E-state index contributed by atoms with van der Waals surface area (Å²) in [5.74, 6) is 4.17. The van der Waals surface area contributed by atoms with Crippen molar-refractivity contribution in [1.29, 1.82) is 0 Å². The fourth-order valence-electron chi connectivity index (χ4n) is 1.29. The molecule has 0 spiro atoms. The third-order valence-electron chi connectivity index (χ3n) is 2.04. The van der Waals surface area contributed by atoms with Crippen LogP contribution in [-0.4, -0.2) is 17.6 Å². The molecule has 16 heavy (non-hydrogen) atoms. The first-order valence-electron chi connectivity index (χ1n) is 5.55. The van der Waals surface area contributed by atoms with Gasteiger partial charge in [0.1, 0.15) is 0 Å². The number of nitrogens with one attached hydrogen (secondary N) is 1.